The minimum absolute atomic E-state index is 0.181. The number of hydrogen-bond acceptors (Lipinski definition) is 5. The molecule has 2 aromatic carbocycles. The number of rotatable bonds is 4. The lowest BCUT2D eigenvalue weighted by Gasteiger charge is -2.42. The summed E-state index contributed by atoms with van der Waals surface area (Å²) in [7, 11) is -3.97. The molecule has 29 heavy (non-hydrogen) atoms. The summed E-state index contributed by atoms with van der Waals surface area (Å²) in [4.78, 5) is 2.08. The van der Waals surface area contributed by atoms with Crippen LogP contribution in [0.15, 0.2) is 53.4 Å². The molecule has 7 nitrogen and oxygen atoms in total. The van der Waals surface area contributed by atoms with Gasteiger partial charge in [-0.05, 0) is 43.7 Å². The maximum atomic E-state index is 14.4. The molecule has 0 aliphatic carbocycles. The van der Waals surface area contributed by atoms with E-state index in [1.807, 2.05) is 24.3 Å². The summed E-state index contributed by atoms with van der Waals surface area (Å²) in [5.41, 5.74) is 1.63. The highest BCUT2D eigenvalue weighted by molar-refractivity contribution is 7.89. The minimum atomic E-state index is -3.97. The van der Waals surface area contributed by atoms with Crippen LogP contribution in [0, 0.1) is 5.82 Å². The summed E-state index contributed by atoms with van der Waals surface area (Å²) in [5, 5.41) is 8.42. The first-order chi connectivity index (χ1) is 14.0. The van der Waals surface area contributed by atoms with Crippen LogP contribution in [0.5, 0.6) is 0 Å². The first-order valence-corrected chi connectivity index (χ1v) is 11.3. The van der Waals surface area contributed by atoms with Crippen LogP contribution in [0.25, 0.3) is 11.0 Å². The average molecular weight is 415 g/mol. The van der Waals surface area contributed by atoms with Crippen LogP contribution in [0.2, 0.25) is 0 Å². The Hall–Kier alpha value is -2.36. The highest BCUT2D eigenvalue weighted by Gasteiger charge is 2.43. The monoisotopic (exact) mass is 415 g/mol. The maximum Gasteiger partial charge on any atom is 0.246 e. The van der Waals surface area contributed by atoms with Crippen LogP contribution in [0.3, 0.4) is 0 Å². The normalized spacial score (nSPS) is 23.5. The number of hydrogen-bond donors (Lipinski definition) is 0. The van der Waals surface area contributed by atoms with Crippen molar-refractivity contribution in [1.82, 2.24) is 24.2 Å². The second kappa shape index (κ2) is 7.16. The van der Waals surface area contributed by atoms with Crippen molar-refractivity contribution < 1.29 is 12.8 Å². The Labute approximate surface area is 168 Å². The van der Waals surface area contributed by atoms with E-state index in [-0.39, 0.29) is 17.0 Å². The molecule has 2 fully saturated rings. The quantitative estimate of drug-likeness (QED) is 0.653. The Morgan fingerprint density at radius 1 is 1.07 bits per heavy atom. The number of sulfonamides is 1. The van der Waals surface area contributed by atoms with Crippen molar-refractivity contribution >= 4 is 21.1 Å². The van der Waals surface area contributed by atoms with E-state index in [9.17, 15) is 12.8 Å². The van der Waals surface area contributed by atoms with Crippen molar-refractivity contribution in [3.05, 3.63) is 54.3 Å². The zero-order valence-electron chi connectivity index (χ0n) is 15.9. The summed E-state index contributed by atoms with van der Waals surface area (Å²) in [5.74, 6) is -0.716. The van der Waals surface area contributed by atoms with Crippen molar-refractivity contribution in [3.63, 3.8) is 0 Å². The molecule has 2 aliphatic rings. The summed E-state index contributed by atoms with van der Waals surface area (Å²) in [6, 6.07) is 13.0. The van der Waals surface area contributed by atoms with Gasteiger partial charge < -0.3 is 0 Å². The van der Waals surface area contributed by atoms with Crippen molar-refractivity contribution in [3.8, 4) is 0 Å². The van der Waals surface area contributed by atoms with E-state index in [1.54, 1.807) is 10.7 Å². The molecule has 1 aromatic heterocycles. The van der Waals surface area contributed by atoms with Gasteiger partial charge in [0.05, 0.1) is 18.1 Å². The molecule has 0 N–H and O–H groups in total. The van der Waals surface area contributed by atoms with Crippen LogP contribution in [0.1, 0.15) is 12.8 Å². The zero-order valence-corrected chi connectivity index (χ0v) is 16.7. The van der Waals surface area contributed by atoms with Gasteiger partial charge in [-0.1, -0.05) is 29.5 Å². The van der Waals surface area contributed by atoms with Crippen LogP contribution >= 0.6 is 0 Å². The number of aromatic nitrogens is 3. The molecule has 2 aliphatic heterocycles. The van der Waals surface area contributed by atoms with Gasteiger partial charge in [0.2, 0.25) is 10.0 Å². The van der Waals surface area contributed by atoms with Crippen molar-refractivity contribution in [2.24, 2.45) is 0 Å². The number of para-hydroxylation sites is 1. The molecular weight excluding hydrogens is 393 g/mol. The zero-order chi connectivity index (χ0) is 20.0. The Morgan fingerprint density at radius 2 is 1.86 bits per heavy atom. The van der Waals surface area contributed by atoms with E-state index in [0.29, 0.717) is 19.6 Å². The second-order valence-electron chi connectivity index (χ2n) is 7.71. The Morgan fingerprint density at radius 3 is 2.72 bits per heavy atom. The largest absolute Gasteiger partial charge is 0.297 e. The third-order valence-electron chi connectivity index (χ3n) is 5.97. The maximum absolute atomic E-state index is 14.4. The molecule has 3 aromatic rings. The van der Waals surface area contributed by atoms with Crippen LogP contribution in [-0.2, 0) is 16.6 Å². The summed E-state index contributed by atoms with van der Waals surface area (Å²) in [6.45, 7) is 2.31. The van der Waals surface area contributed by atoms with Crippen LogP contribution in [-0.4, -0.2) is 64.3 Å². The molecule has 0 unspecified atom stereocenters. The molecule has 0 spiro atoms. The number of fused-ring (bicyclic) bond motifs is 2. The minimum Gasteiger partial charge on any atom is -0.297 e. The van der Waals surface area contributed by atoms with E-state index in [2.05, 4.69) is 15.2 Å². The lowest BCUT2D eigenvalue weighted by atomic mass is 10.1. The van der Waals surface area contributed by atoms with Crippen LogP contribution in [0.4, 0.5) is 4.39 Å². The Kier molecular flexibility index (Phi) is 4.60. The smallest absolute Gasteiger partial charge is 0.246 e. The van der Waals surface area contributed by atoms with Gasteiger partial charge in [-0.2, -0.15) is 4.31 Å². The van der Waals surface area contributed by atoms with E-state index in [1.165, 1.54) is 22.5 Å². The van der Waals surface area contributed by atoms with Gasteiger partial charge in [-0.15, -0.1) is 5.10 Å². The standard InChI is InChI=1S/C20H22FN5O2S/c21-17-7-1-4-10-20(17)29(27,28)26-14-15-6-5-11-24(15)12-16(26)13-25-19-9-3-2-8-18(19)22-23-25/h1-4,7-10,15-16H,5-6,11-14H2/t15-,16-/m1/s1. The van der Waals surface area contributed by atoms with Gasteiger partial charge in [-0.25, -0.2) is 17.5 Å². The molecule has 0 bridgehead atoms. The van der Waals surface area contributed by atoms with Gasteiger partial charge in [0, 0.05) is 19.1 Å². The molecule has 0 radical (unpaired) electrons. The second-order valence-corrected chi connectivity index (χ2v) is 9.57. The number of piperazine rings is 1. The molecule has 5 rings (SSSR count). The molecule has 2 atom stereocenters. The van der Waals surface area contributed by atoms with Gasteiger partial charge in [-0.3, -0.25) is 4.90 Å². The summed E-state index contributed by atoms with van der Waals surface area (Å²) < 4.78 is 44.5. The fourth-order valence-corrected chi connectivity index (χ4v) is 6.25. The topological polar surface area (TPSA) is 71.3 Å². The average Bonchev–Trinajstić information content (AvgIpc) is 3.34. The van der Waals surface area contributed by atoms with Crippen molar-refractivity contribution in [1.29, 1.82) is 0 Å². The summed E-state index contributed by atoms with van der Waals surface area (Å²) in [6.07, 6.45) is 2.01. The Bertz CT molecular complexity index is 1150. The summed E-state index contributed by atoms with van der Waals surface area (Å²) >= 11 is 0. The third-order valence-corrected chi connectivity index (χ3v) is 7.92. The molecule has 152 valence electrons. The fourth-order valence-electron chi connectivity index (χ4n) is 4.54. The van der Waals surface area contributed by atoms with Crippen LogP contribution < -0.4 is 0 Å². The highest BCUT2D eigenvalue weighted by Crippen LogP contribution is 2.31. The predicted molar refractivity (Wildman–Crippen MR) is 106 cm³/mol. The molecule has 0 saturated carbocycles. The molecule has 9 heteroatoms. The lowest BCUT2D eigenvalue weighted by Crippen LogP contribution is -2.59. The highest BCUT2D eigenvalue weighted by atomic mass is 32.2. The number of benzene rings is 2. The molecule has 3 heterocycles. The fraction of sp³-hybridized carbons (Fsp3) is 0.400. The molecule has 0 amide bonds. The van der Waals surface area contributed by atoms with Crippen molar-refractivity contribution in [2.45, 2.75) is 36.4 Å². The molecule has 2 saturated heterocycles. The lowest BCUT2D eigenvalue weighted by molar-refractivity contribution is 0.0976. The van der Waals surface area contributed by atoms with E-state index in [0.717, 1.165) is 30.4 Å². The van der Waals surface area contributed by atoms with Gasteiger partial charge in [0.1, 0.15) is 16.2 Å². The van der Waals surface area contributed by atoms with Gasteiger partial charge >= 0.3 is 0 Å². The van der Waals surface area contributed by atoms with E-state index < -0.39 is 15.8 Å². The first-order valence-electron chi connectivity index (χ1n) is 9.83. The van der Waals surface area contributed by atoms with Crippen molar-refractivity contribution in [2.75, 3.05) is 19.6 Å². The Balaban J connectivity index is 1.53. The predicted octanol–water partition coefficient (Wildman–Crippen LogP) is 2.11. The van der Waals surface area contributed by atoms with E-state index in [4.69, 9.17) is 0 Å². The SMILES string of the molecule is O=S(=O)(c1ccccc1F)N1C[C@H]2CCCN2C[C@@H]1Cn1nnc2ccccc21. The van der Waals surface area contributed by atoms with E-state index >= 15 is 0 Å². The number of nitrogens with zero attached hydrogens (tertiary/aromatic N) is 5. The van der Waals surface area contributed by atoms with Gasteiger partial charge in [0.15, 0.2) is 0 Å². The number of halogens is 1. The third kappa shape index (κ3) is 3.23. The first kappa shape index (κ1) is 18.7. The van der Waals surface area contributed by atoms with Gasteiger partial charge in [0.25, 0.3) is 0 Å². The molecular formula is C20H22FN5O2S.